The molecule has 3 amide bonds. The fourth-order valence-electron chi connectivity index (χ4n) is 1.93. The number of ether oxygens (including phenoxy) is 1. The summed E-state index contributed by atoms with van der Waals surface area (Å²) >= 11 is 7.35. The fraction of sp³-hybridized carbons (Fsp3) is 0.222. The Labute approximate surface area is 165 Å². The molecule has 2 N–H and O–H groups in total. The third-order valence-corrected chi connectivity index (χ3v) is 4.58. The van der Waals surface area contributed by atoms with Gasteiger partial charge in [0, 0.05) is 17.1 Å². The number of hydrogen-bond donors (Lipinski definition) is 2. The van der Waals surface area contributed by atoms with Crippen LogP contribution in [-0.4, -0.2) is 35.5 Å². The lowest BCUT2D eigenvalue weighted by Crippen LogP contribution is -2.44. The van der Waals surface area contributed by atoms with Crippen LogP contribution >= 0.6 is 23.4 Å². The summed E-state index contributed by atoms with van der Waals surface area (Å²) in [6.45, 7) is 2.92. The van der Waals surface area contributed by atoms with Gasteiger partial charge in [-0.2, -0.15) is 0 Å². The van der Waals surface area contributed by atoms with Crippen LogP contribution in [0.5, 0.6) is 0 Å². The van der Waals surface area contributed by atoms with Crippen molar-refractivity contribution in [2.75, 3.05) is 6.61 Å². The van der Waals surface area contributed by atoms with Gasteiger partial charge in [0.05, 0.1) is 10.6 Å². The van der Waals surface area contributed by atoms with Crippen molar-refractivity contribution in [3.63, 3.8) is 0 Å². The molecule has 0 saturated carbocycles. The average Bonchev–Trinajstić information content (AvgIpc) is 2.61. The maximum Gasteiger partial charge on any atom is 0.341 e. The summed E-state index contributed by atoms with van der Waals surface area (Å²) in [6.07, 6.45) is 1.54. The van der Waals surface area contributed by atoms with Crippen LogP contribution < -0.4 is 10.6 Å². The summed E-state index contributed by atoms with van der Waals surface area (Å²) in [5, 5.41) is 5.50. The zero-order valence-electron chi connectivity index (χ0n) is 14.7. The molecule has 0 atom stereocenters. The molecule has 1 heterocycles. The van der Waals surface area contributed by atoms with Crippen LogP contribution in [0.4, 0.5) is 4.79 Å². The van der Waals surface area contributed by atoms with Gasteiger partial charge in [-0.1, -0.05) is 35.5 Å². The minimum atomic E-state index is -0.731. The van der Waals surface area contributed by atoms with Gasteiger partial charge in [0.15, 0.2) is 6.61 Å². The van der Waals surface area contributed by atoms with Crippen molar-refractivity contribution < 1.29 is 19.1 Å². The van der Waals surface area contributed by atoms with E-state index in [-0.39, 0.29) is 11.6 Å². The van der Waals surface area contributed by atoms with Gasteiger partial charge >= 0.3 is 12.0 Å². The summed E-state index contributed by atoms with van der Waals surface area (Å²) in [5.74, 6) is -1.46. The monoisotopic (exact) mass is 407 g/mol. The Morgan fingerprint density at radius 3 is 2.63 bits per heavy atom. The molecule has 9 heteroatoms. The Hall–Kier alpha value is -2.58. The van der Waals surface area contributed by atoms with E-state index in [4.69, 9.17) is 16.3 Å². The molecule has 142 valence electrons. The SMILES string of the molecule is CC(C)NC(=O)NC(=O)COC(=O)c1cccnc1Sc1ccccc1Cl. The maximum atomic E-state index is 12.3. The molecule has 0 unspecified atom stereocenters. The first-order valence-electron chi connectivity index (χ1n) is 8.01. The highest BCUT2D eigenvalue weighted by Gasteiger charge is 2.18. The molecule has 0 bridgehead atoms. The van der Waals surface area contributed by atoms with Gasteiger partial charge in [-0.15, -0.1) is 0 Å². The molecule has 7 nitrogen and oxygen atoms in total. The van der Waals surface area contributed by atoms with Crippen molar-refractivity contribution in [1.29, 1.82) is 0 Å². The Kier molecular flexibility index (Phi) is 7.63. The Balaban J connectivity index is 2.00. The van der Waals surface area contributed by atoms with E-state index in [9.17, 15) is 14.4 Å². The predicted molar refractivity (Wildman–Crippen MR) is 102 cm³/mol. The lowest BCUT2D eigenvalue weighted by molar-refractivity contribution is -0.123. The molecule has 0 spiro atoms. The number of rotatable bonds is 6. The van der Waals surface area contributed by atoms with Crippen LogP contribution in [-0.2, 0) is 9.53 Å². The fourth-order valence-corrected chi connectivity index (χ4v) is 3.08. The summed E-state index contributed by atoms with van der Waals surface area (Å²) in [6, 6.07) is 9.51. The summed E-state index contributed by atoms with van der Waals surface area (Å²) in [4.78, 5) is 40.4. The first kappa shape index (κ1) is 20.7. The number of imide groups is 1. The van der Waals surface area contributed by atoms with Crippen LogP contribution in [0.3, 0.4) is 0 Å². The van der Waals surface area contributed by atoms with Crippen LogP contribution in [0, 0.1) is 0 Å². The van der Waals surface area contributed by atoms with Crippen molar-refractivity contribution in [2.24, 2.45) is 0 Å². The molecule has 1 aromatic carbocycles. The summed E-state index contributed by atoms with van der Waals surface area (Å²) in [7, 11) is 0. The standard InChI is InChI=1S/C18H18ClN3O4S/c1-11(2)21-18(25)22-15(23)10-26-17(24)12-6-5-9-20-16(12)27-14-8-4-3-7-13(14)19/h3-9,11H,10H2,1-2H3,(H2,21,22,23,25). The molecule has 0 saturated heterocycles. The molecule has 2 rings (SSSR count). The Morgan fingerprint density at radius 1 is 1.19 bits per heavy atom. The molecular weight excluding hydrogens is 390 g/mol. The molecule has 2 aromatic rings. The zero-order chi connectivity index (χ0) is 19.8. The molecule has 27 heavy (non-hydrogen) atoms. The third-order valence-electron chi connectivity index (χ3n) is 3.04. The van der Waals surface area contributed by atoms with Gasteiger partial charge in [-0.25, -0.2) is 14.6 Å². The average molecular weight is 408 g/mol. The number of carbonyl (C=O) groups excluding carboxylic acids is 3. The van der Waals surface area contributed by atoms with Crippen LogP contribution in [0.25, 0.3) is 0 Å². The zero-order valence-corrected chi connectivity index (χ0v) is 16.3. The van der Waals surface area contributed by atoms with E-state index in [1.54, 1.807) is 44.3 Å². The van der Waals surface area contributed by atoms with Gasteiger partial charge in [-0.05, 0) is 38.1 Å². The number of urea groups is 1. The minimum absolute atomic E-state index is 0.125. The van der Waals surface area contributed by atoms with Crippen molar-refractivity contribution >= 4 is 41.3 Å². The van der Waals surface area contributed by atoms with Gasteiger partial charge in [-0.3, -0.25) is 10.1 Å². The van der Waals surface area contributed by atoms with Gasteiger partial charge in [0.2, 0.25) is 0 Å². The normalized spacial score (nSPS) is 10.4. The van der Waals surface area contributed by atoms with E-state index in [0.717, 1.165) is 4.90 Å². The lowest BCUT2D eigenvalue weighted by Gasteiger charge is -2.10. The van der Waals surface area contributed by atoms with Crippen molar-refractivity contribution in [3.8, 4) is 0 Å². The predicted octanol–water partition coefficient (Wildman–Crippen LogP) is 3.28. The highest BCUT2D eigenvalue weighted by molar-refractivity contribution is 7.99. The van der Waals surface area contributed by atoms with Gasteiger partial charge in [0.25, 0.3) is 5.91 Å². The number of esters is 1. The number of pyridine rings is 1. The number of halogens is 1. The van der Waals surface area contributed by atoms with E-state index in [1.165, 1.54) is 17.8 Å². The molecule has 1 aromatic heterocycles. The van der Waals surface area contributed by atoms with E-state index < -0.39 is 24.5 Å². The highest BCUT2D eigenvalue weighted by Crippen LogP contribution is 2.33. The summed E-state index contributed by atoms with van der Waals surface area (Å²) in [5.41, 5.74) is 0.196. The Morgan fingerprint density at radius 2 is 1.93 bits per heavy atom. The van der Waals surface area contributed by atoms with Crippen molar-refractivity contribution in [3.05, 3.63) is 53.2 Å². The number of hydrogen-bond acceptors (Lipinski definition) is 6. The first-order valence-corrected chi connectivity index (χ1v) is 9.21. The number of nitrogens with zero attached hydrogens (tertiary/aromatic N) is 1. The van der Waals surface area contributed by atoms with Gasteiger partial charge < -0.3 is 10.1 Å². The quantitative estimate of drug-likeness (QED) is 0.713. The van der Waals surface area contributed by atoms with E-state index in [2.05, 4.69) is 15.6 Å². The number of amides is 3. The van der Waals surface area contributed by atoms with Crippen LogP contribution in [0.15, 0.2) is 52.5 Å². The molecular formula is C18H18ClN3O4S. The Bertz CT molecular complexity index is 845. The second kappa shape index (κ2) is 9.94. The number of nitrogens with one attached hydrogen (secondary N) is 2. The van der Waals surface area contributed by atoms with E-state index >= 15 is 0 Å². The summed E-state index contributed by atoms with van der Waals surface area (Å²) < 4.78 is 4.99. The van der Waals surface area contributed by atoms with Crippen LogP contribution in [0.1, 0.15) is 24.2 Å². The molecule has 0 aliphatic carbocycles. The second-order valence-corrected chi connectivity index (χ2v) is 7.08. The number of aromatic nitrogens is 1. The van der Waals surface area contributed by atoms with Crippen molar-refractivity contribution in [1.82, 2.24) is 15.6 Å². The molecule has 0 aliphatic heterocycles. The first-order chi connectivity index (χ1) is 12.9. The largest absolute Gasteiger partial charge is 0.452 e. The number of benzene rings is 1. The highest BCUT2D eigenvalue weighted by atomic mass is 35.5. The second-order valence-electron chi connectivity index (χ2n) is 5.64. The van der Waals surface area contributed by atoms with Crippen molar-refractivity contribution in [2.45, 2.75) is 29.8 Å². The maximum absolute atomic E-state index is 12.3. The minimum Gasteiger partial charge on any atom is -0.452 e. The van der Waals surface area contributed by atoms with Gasteiger partial charge in [0.1, 0.15) is 5.03 Å². The molecule has 0 aliphatic rings. The molecule has 0 fully saturated rings. The smallest absolute Gasteiger partial charge is 0.341 e. The van der Waals surface area contributed by atoms with Crippen LogP contribution in [0.2, 0.25) is 5.02 Å². The topological polar surface area (TPSA) is 97.4 Å². The third kappa shape index (κ3) is 6.58. The lowest BCUT2D eigenvalue weighted by atomic mass is 10.3. The van der Waals surface area contributed by atoms with E-state index in [0.29, 0.717) is 10.0 Å². The number of carbonyl (C=O) groups is 3. The molecule has 0 radical (unpaired) electrons. The van der Waals surface area contributed by atoms with E-state index in [1.807, 2.05) is 6.07 Å².